The van der Waals surface area contributed by atoms with E-state index in [4.69, 9.17) is 0 Å². The minimum absolute atomic E-state index is 0.390. The van der Waals surface area contributed by atoms with Gasteiger partial charge in [0.1, 0.15) is 0 Å². The summed E-state index contributed by atoms with van der Waals surface area (Å²) in [6.07, 6.45) is 5.21. The number of hydrogen-bond acceptors (Lipinski definition) is 0. The predicted molar refractivity (Wildman–Crippen MR) is 41.1 cm³/mol. The van der Waals surface area contributed by atoms with Crippen LogP contribution in [0.15, 0.2) is 11.6 Å². The van der Waals surface area contributed by atoms with Gasteiger partial charge in [0.25, 0.3) is 0 Å². The molecule has 0 aliphatic carbocycles. The van der Waals surface area contributed by atoms with Crippen LogP contribution in [0.1, 0.15) is 19.8 Å². The lowest BCUT2D eigenvalue weighted by Crippen LogP contribution is -1.82. The van der Waals surface area contributed by atoms with E-state index in [1.165, 1.54) is 12.8 Å². The first-order chi connectivity index (χ1) is 3.89. The van der Waals surface area contributed by atoms with Gasteiger partial charge in [0, 0.05) is 9.52 Å². The van der Waals surface area contributed by atoms with Crippen LogP contribution in [0, 0.1) is 0 Å². The second-order valence-electron chi connectivity index (χ2n) is 2.65. The summed E-state index contributed by atoms with van der Waals surface area (Å²) in [4.78, 5) is 0. The average molecular weight is 126 g/mol. The zero-order chi connectivity index (χ0) is 5.82. The highest BCUT2D eigenvalue weighted by Crippen LogP contribution is 2.11. The van der Waals surface area contributed by atoms with E-state index in [-0.39, 0.29) is 0 Å². The molecule has 1 aliphatic heterocycles. The van der Waals surface area contributed by atoms with Crippen molar-refractivity contribution in [1.29, 1.82) is 0 Å². The predicted octanol–water partition coefficient (Wildman–Crippen LogP) is 1.73. The third kappa shape index (κ3) is 1.82. The van der Waals surface area contributed by atoms with Gasteiger partial charge in [0.05, 0.1) is 0 Å². The van der Waals surface area contributed by atoms with Crippen LogP contribution in [0.5, 0.6) is 0 Å². The highest BCUT2D eigenvalue weighted by Gasteiger charge is 1.96. The van der Waals surface area contributed by atoms with Gasteiger partial charge in [-0.25, -0.2) is 0 Å². The average Bonchev–Trinajstić information content (AvgIpc) is 1.94. The molecule has 0 aromatic heterocycles. The zero-order valence-corrected chi connectivity index (χ0v) is 7.03. The first kappa shape index (κ1) is 6.08. The van der Waals surface area contributed by atoms with Crippen molar-refractivity contribution in [3.05, 3.63) is 11.6 Å². The molecule has 8 heavy (non-hydrogen) atoms. The van der Waals surface area contributed by atoms with Crippen molar-refractivity contribution in [2.24, 2.45) is 0 Å². The summed E-state index contributed by atoms with van der Waals surface area (Å²) in [5.74, 6) is 0. The second-order valence-corrected chi connectivity index (χ2v) is 4.77. The Balaban J connectivity index is 2.36. The molecule has 0 amide bonds. The van der Waals surface area contributed by atoms with Crippen LogP contribution in [-0.2, 0) is 0 Å². The summed E-state index contributed by atoms with van der Waals surface area (Å²) in [6, 6.07) is 3.11. The van der Waals surface area contributed by atoms with E-state index in [1.807, 2.05) is 0 Å². The van der Waals surface area contributed by atoms with Crippen LogP contribution in [0.3, 0.4) is 0 Å². The van der Waals surface area contributed by atoms with Gasteiger partial charge in [0.15, 0.2) is 0 Å². The van der Waals surface area contributed by atoms with Crippen molar-refractivity contribution in [3.63, 3.8) is 0 Å². The van der Waals surface area contributed by atoms with Crippen molar-refractivity contribution in [2.45, 2.75) is 31.9 Å². The van der Waals surface area contributed by atoms with E-state index in [2.05, 4.69) is 13.0 Å². The monoisotopic (exact) mass is 126 g/mol. The van der Waals surface area contributed by atoms with E-state index in [1.54, 1.807) is 17.7 Å². The van der Waals surface area contributed by atoms with E-state index < -0.39 is 0 Å². The quantitative estimate of drug-likeness (QED) is 0.342. The van der Waals surface area contributed by atoms with E-state index in [9.17, 15) is 0 Å². The molecule has 0 nitrogen and oxygen atoms in total. The molecule has 0 saturated heterocycles. The Bertz CT molecular complexity index is 94.6. The van der Waals surface area contributed by atoms with Crippen LogP contribution in [0.2, 0.25) is 12.1 Å². The van der Waals surface area contributed by atoms with Crippen molar-refractivity contribution in [3.8, 4) is 0 Å². The normalized spacial score (nSPS) is 24.9. The van der Waals surface area contributed by atoms with E-state index >= 15 is 0 Å². The Labute approximate surface area is 53.8 Å². The van der Waals surface area contributed by atoms with Gasteiger partial charge in [-0.3, -0.25) is 0 Å². The van der Waals surface area contributed by atoms with Crippen LogP contribution in [-0.4, -0.2) is 9.52 Å². The fraction of sp³-hybridized carbons (Fsp3) is 0.714. The highest BCUT2D eigenvalue weighted by atomic mass is 28.2. The molecule has 0 bridgehead atoms. The van der Waals surface area contributed by atoms with Gasteiger partial charge in [-0.15, -0.1) is 0 Å². The number of hydrogen-bond donors (Lipinski definition) is 0. The molecular formula is C7H14Si. The molecule has 0 N–H and O–H groups in total. The van der Waals surface area contributed by atoms with Gasteiger partial charge in [0.2, 0.25) is 0 Å². The maximum absolute atomic E-state index is 2.42. The molecule has 46 valence electrons. The van der Waals surface area contributed by atoms with Crippen molar-refractivity contribution in [2.75, 3.05) is 0 Å². The fourth-order valence-corrected chi connectivity index (χ4v) is 2.83. The maximum atomic E-state index is 2.42. The summed E-state index contributed by atoms with van der Waals surface area (Å²) in [6.45, 7) is 2.26. The largest absolute Gasteiger partial charge is 0.0859 e. The fourth-order valence-electron chi connectivity index (χ4n) is 1.18. The summed E-state index contributed by atoms with van der Waals surface area (Å²) in [7, 11) is 0.390. The van der Waals surface area contributed by atoms with Gasteiger partial charge in [-0.1, -0.05) is 23.7 Å². The van der Waals surface area contributed by atoms with Gasteiger partial charge in [-0.05, 0) is 19.8 Å². The number of allylic oxidation sites excluding steroid dienone is 2. The van der Waals surface area contributed by atoms with Crippen LogP contribution >= 0.6 is 0 Å². The molecule has 1 heteroatoms. The molecule has 0 radical (unpaired) electrons. The first-order valence-electron chi connectivity index (χ1n) is 3.55. The third-order valence-electron chi connectivity index (χ3n) is 1.77. The smallest absolute Gasteiger partial charge is 0.0204 e. The molecule has 0 unspecified atom stereocenters. The lowest BCUT2D eigenvalue weighted by atomic mass is 10.2. The Kier molecular flexibility index (Phi) is 2.34. The molecule has 0 spiro atoms. The molecule has 0 fully saturated rings. The third-order valence-corrected chi connectivity index (χ3v) is 3.53. The Morgan fingerprint density at radius 1 is 1.50 bits per heavy atom. The Morgan fingerprint density at radius 3 is 3.25 bits per heavy atom. The standard InChI is InChI=1S/C7H14Si/c1-7-3-2-5-8-6-4-7/h3H,2,4-6,8H2,1H3. The molecular weight excluding hydrogens is 112 g/mol. The summed E-state index contributed by atoms with van der Waals surface area (Å²) >= 11 is 0. The molecule has 0 saturated carbocycles. The SMILES string of the molecule is CC1=CCC[SiH2]CC1. The molecule has 1 heterocycles. The highest BCUT2D eigenvalue weighted by molar-refractivity contribution is 6.35. The van der Waals surface area contributed by atoms with Crippen molar-refractivity contribution in [1.82, 2.24) is 0 Å². The second kappa shape index (κ2) is 3.08. The Hall–Kier alpha value is -0.0431. The van der Waals surface area contributed by atoms with Gasteiger partial charge >= 0.3 is 0 Å². The van der Waals surface area contributed by atoms with Crippen molar-refractivity contribution < 1.29 is 0 Å². The van der Waals surface area contributed by atoms with E-state index in [0.717, 1.165) is 0 Å². The lowest BCUT2D eigenvalue weighted by molar-refractivity contribution is 1.08. The Morgan fingerprint density at radius 2 is 2.38 bits per heavy atom. The minimum atomic E-state index is 0.390. The van der Waals surface area contributed by atoms with Crippen molar-refractivity contribution >= 4 is 9.52 Å². The van der Waals surface area contributed by atoms with Crippen LogP contribution in [0.25, 0.3) is 0 Å². The maximum Gasteiger partial charge on any atom is 0.0204 e. The summed E-state index contributed by atoms with van der Waals surface area (Å²) < 4.78 is 0. The van der Waals surface area contributed by atoms with Gasteiger partial charge < -0.3 is 0 Å². The minimum Gasteiger partial charge on any atom is -0.0859 e. The lowest BCUT2D eigenvalue weighted by Gasteiger charge is -1.91. The topological polar surface area (TPSA) is 0 Å². The van der Waals surface area contributed by atoms with Crippen LogP contribution < -0.4 is 0 Å². The molecule has 1 rings (SSSR count). The molecule has 1 aliphatic rings. The van der Waals surface area contributed by atoms with E-state index in [0.29, 0.717) is 9.52 Å². The summed E-state index contributed by atoms with van der Waals surface area (Å²) in [5.41, 5.74) is 1.63. The van der Waals surface area contributed by atoms with Crippen LogP contribution in [0.4, 0.5) is 0 Å². The molecule has 0 aromatic carbocycles. The molecule has 0 aromatic rings. The summed E-state index contributed by atoms with van der Waals surface area (Å²) in [5, 5.41) is 0. The number of rotatable bonds is 0. The van der Waals surface area contributed by atoms with Gasteiger partial charge in [-0.2, -0.15) is 0 Å². The zero-order valence-electron chi connectivity index (χ0n) is 5.61. The first-order valence-corrected chi connectivity index (χ1v) is 5.55. The molecule has 0 atom stereocenters.